The summed E-state index contributed by atoms with van der Waals surface area (Å²) in [6.45, 7) is 3.29. The number of halogens is 3. The van der Waals surface area contributed by atoms with E-state index in [1.54, 1.807) is 63.1 Å². The highest BCUT2D eigenvalue weighted by molar-refractivity contribution is 6.05. The van der Waals surface area contributed by atoms with Crippen LogP contribution in [0.2, 0.25) is 0 Å². The van der Waals surface area contributed by atoms with E-state index in [1.807, 2.05) is 18.9 Å². The van der Waals surface area contributed by atoms with Gasteiger partial charge in [0, 0.05) is 67.1 Å². The van der Waals surface area contributed by atoms with Crippen LogP contribution < -0.4 is 31.1 Å². The molecular formula is C30H34F3N7O2. The lowest BCUT2D eigenvalue weighted by Crippen LogP contribution is -2.44. The Morgan fingerprint density at radius 1 is 1.12 bits per heavy atom. The molecule has 0 aliphatic carbocycles. The second kappa shape index (κ2) is 11.5. The van der Waals surface area contributed by atoms with Gasteiger partial charge in [-0.25, -0.2) is 5.84 Å². The molecule has 2 aliphatic rings. The number of methoxy groups -OCH3 is 1. The summed E-state index contributed by atoms with van der Waals surface area (Å²) in [5, 5.41) is 7.14. The summed E-state index contributed by atoms with van der Waals surface area (Å²) in [7, 11) is 5.32. The lowest BCUT2D eigenvalue weighted by Gasteiger charge is -2.34. The predicted molar refractivity (Wildman–Crippen MR) is 157 cm³/mol. The number of aryl methyl sites for hydroxylation is 1. The van der Waals surface area contributed by atoms with Crippen molar-refractivity contribution in [3.8, 4) is 5.75 Å². The van der Waals surface area contributed by atoms with Gasteiger partial charge in [-0.05, 0) is 62.4 Å². The molecule has 2 bridgehead atoms. The van der Waals surface area contributed by atoms with E-state index in [-0.39, 0.29) is 17.3 Å². The zero-order valence-corrected chi connectivity index (χ0v) is 23.9. The van der Waals surface area contributed by atoms with Crippen LogP contribution in [-0.4, -0.2) is 62.2 Å². The number of fused-ring (bicyclic) bond motifs is 2. The Labute approximate surface area is 242 Å². The second-order valence-corrected chi connectivity index (χ2v) is 10.7. The van der Waals surface area contributed by atoms with Gasteiger partial charge in [-0.3, -0.25) is 19.7 Å². The molecule has 2 unspecified atom stereocenters. The topological polar surface area (TPSA) is 99.0 Å². The summed E-state index contributed by atoms with van der Waals surface area (Å²) in [6.07, 6.45) is 1.25. The van der Waals surface area contributed by atoms with Gasteiger partial charge in [0.25, 0.3) is 5.91 Å². The molecule has 2 aliphatic heterocycles. The number of rotatable bonds is 8. The lowest BCUT2D eigenvalue weighted by molar-refractivity contribution is -0.137. The van der Waals surface area contributed by atoms with E-state index in [4.69, 9.17) is 10.6 Å². The molecule has 1 aromatic heterocycles. The number of hydrogen-bond acceptors (Lipinski definition) is 8. The smallest absolute Gasteiger partial charge is 0.416 e. The maximum atomic E-state index is 13.8. The van der Waals surface area contributed by atoms with Gasteiger partial charge in [0.2, 0.25) is 0 Å². The normalized spacial score (nSPS) is 18.8. The molecule has 1 amide bonds. The first-order valence-electron chi connectivity index (χ1n) is 13.5. The Morgan fingerprint density at radius 2 is 1.90 bits per heavy atom. The van der Waals surface area contributed by atoms with Crippen molar-refractivity contribution in [2.75, 3.05) is 49.5 Å². The molecule has 2 aromatic carbocycles. The Balaban J connectivity index is 1.40. The number of nitrogens with two attached hydrogens (primary N) is 1. The number of aromatic nitrogens is 1. The zero-order chi connectivity index (χ0) is 30.2. The van der Waals surface area contributed by atoms with E-state index in [1.165, 1.54) is 5.01 Å². The summed E-state index contributed by atoms with van der Waals surface area (Å²) in [5.74, 6) is 6.43. The maximum Gasteiger partial charge on any atom is 0.416 e. The number of likely N-dealkylation sites (N-methyl/N-ethyl adjacent to an activating group) is 1. The van der Waals surface area contributed by atoms with Crippen LogP contribution in [0.25, 0.3) is 5.70 Å². The summed E-state index contributed by atoms with van der Waals surface area (Å²) in [4.78, 5) is 21.7. The van der Waals surface area contributed by atoms with Crippen molar-refractivity contribution in [3.63, 3.8) is 0 Å². The number of hydrogen-bond donors (Lipinski definition) is 3. The van der Waals surface area contributed by atoms with Crippen molar-refractivity contribution < 1.29 is 22.7 Å². The minimum Gasteiger partial charge on any atom is -0.495 e. The van der Waals surface area contributed by atoms with Crippen molar-refractivity contribution in [2.45, 2.75) is 31.6 Å². The van der Waals surface area contributed by atoms with E-state index in [2.05, 4.69) is 20.5 Å². The average molecular weight is 582 g/mol. The minimum absolute atomic E-state index is 0.0792. The molecule has 222 valence electrons. The van der Waals surface area contributed by atoms with E-state index in [0.29, 0.717) is 35.4 Å². The monoisotopic (exact) mass is 581 g/mol. The predicted octanol–water partition coefficient (Wildman–Crippen LogP) is 4.46. The number of benzene rings is 2. The highest BCUT2D eigenvalue weighted by Gasteiger charge is 2.42. The maximum absolute atomic E-state index is 13.8. The zero-order valence-electron chi connectivity index (χ0n) is 23.9. The average Bonchev–Trinajstić information content (AvgIpc) is 3.55. The fourth-order valence-electron chi connectivity index (χ4n) is 5.60. The number of carbonyl (C=O) groups excluding carboxylic acids is 1. The van der Waals surface area contributed by atoms with Crippen molar-refractivity contribution >= 4 is 28.7 Å². The highest BCUT2D eigenvalue weighted by atomic mass is 19.4. The van der Waals surface area contributed by atoms with Gasteiger partial charge in [0.1, 0.15) is 5.75 Å². The van der Waals surface area contributed by atoms with Gasteiger partial charge >= 0.3 is 6.18 Å². The quantitative estimate of drug-likeness (QED) is 0.265. The minimum atomic E-state index is -4.56. The van der Waals surface area contributed by atoms with E-state index < -0.39 is 17.6 Å². The summed E-state index contributed by atoms with van der Waals surface area (Å²) >= 11 is 0. The van der Waals surface area contributed by atoms with Crippen LogP contribution in [0, 0.1) is 6.92 Å². The van der Waals surface area contributed by atoms with Crippen LogP contribution in [0.1, 0.15) is 33.5 Å². The van der Waals surface area contributed by atoms with E-state index in [0.717, 1.165) is 36.2 Å². The van der Waals surface area contributed by atoms with Crippen molar-refractivity contribution in [3.05, 3.63) is 83.3 Å². The molecule has 2 saturated heterocycles. The molecule has 3 aromatic rings. The molecule has 0 saturated carbocycles. The third kappa shape index (κ3) is 6.00. The molecule has 0 spiro atoms. The molecular weight excluding hydrogens is 547 g/mol. The first-order valence-corrected chi connectivity index (χ1v) is 13.5. The third-order valence-electron chi connectivity index (χ3n) is 7.90. The number of nitrogens with zero attached hydrogens (tertiary/aromatic N) is 4. The fraction of sp³-hybridized carbons (Fsp3) is 0.333. The SMILES string of the molecule is CN/C(=C\N(N)c1cc(C(=O)Nc2cc(N3CC4CC3CN4C)cc(C(F)(F)F)c2)ccc1C)c1cncc(OC)c1. The number of nitrogens with one attached hydrogen (secondary N) is 2. The van der Waals surface area contributed by atoms with Crippen LogP contribution in [-0.2, 0) is 6.18 Å². The molecule has 42 heavy (non-hydrogen) atoms. The summed E-state index contributed by atoms with van der Waals surface area (Å²) < 4.78 is 46.8. The highest BCUT2D eigenvalue weighted by Crippen LogP contribution is 2.39. The van der Waals surface area contributed by atoms with Crippen molar-refractivity contribution in [1.82, 2.24) is 15.2 Å². The number of pyridine rings is 1. The number of amides is 1. The first-order chi connectivity index (χ1) is 20.0. The molecule has 2 atom stereocenters. The Morgan fingerprint density at radius 3 is 2.55 bits per heavy atom. The van der Waals surface area contributed by atoms with Crippen LogP contribution in [0.5, 0.6) is 5.75 Å². The van der Waals surface area contributed by atoms with E-state index >= 15 is 0 Å². The number of carbonyl (C=O) groups is 1. The molecule has 3 heterocycles. The number of ether oxygens (including phenoxy) is 1. The van der Waals surface area contributed by atoms with Crippen LogP contribution in [0.3, 0.4) is 0 Å². The number of piperazine rings is 1. The van der Waals surface area contributed by atoms with E-state index in [9.17, 15) is 18.0 Å². The lowest BCUT2D eigenvalue weighted by atomic mass is 10.1. The fourth-order valence-corrected chi connectivity index (χ4v) is 5.60. The van der Waals surface area contributed by atoms with Gasteiger partial charge in [0.05, 0.1) is 30.3 Å². The largest absolute Gasteiger partial charge is 0.495 e. The van der Waals surface area contributed by atoms with Gasteiger partial charge < -0.3 is 20.3 Å². The molecule has 2 fully saturated rings. The van der Waals surface area contributed by atoms with Crippen LogP contribution in [0.15, 0.2) is 61.1 Å². The Bertz CT molecular complexity index is 1510. The molecule has 5 rings (SSSR count). The first kappa shape index (κ1) is 29.2. The van der Waals surface area contributed by atoms with Crippen LogP contribution >= 0.6 is 0 Å². The molecule has 4 N–H and O–H groups in total. The number of likely N-dealkylation sites (tertiary alicyclic amines) is 1. The molecule has 0 radical (unpaired) electrons. The standard InChI is InChI=1S/C30H34F3N7O2/c1-18-5-6-19(8-28(18)40(34)17-27(35-2)20-7-26(42-4)14-36-13-20)29(41)37-22-9-21(30(31,32)33)10-23(11-22)39-16-24-12-25(39)15-38(24)3/h5-11,13-14,17,24-25,35H,12,15-16,34H2,1-4H3,(H,37,41)/b27-17-. The Kier molecular flexibility index (Phi) is 8.02. The van der Waals surface area contributed by atoms with Gasteiger partial charge in [-0.2, -0.15) is 13.2 Å². The van der Waals surface area contributed by atoms with Crippen molar-refractivity contribution in [1.29, 1.82) is 0 Å². The Hall–Kier alpha value is -4.29. The van der Waals surface area contributed by atoms with Gasteiger partial charge in [0.15, 0.2) is 0 Å². The number of hydrazine groups is 1. The summed E-state index contributed by atoms with van der Waals surface area (Å²) in [6, 6.07) is 10.9. The number of alkyl halides is 3. The second-order valence-electron chi connectivity index (χ2n) is 10.7. The molecule has 12 heteroatoms. The van der Waals surface area contributed by atoms with Gasteiger partial charge in [-0.1, -0.05) is 6.07 Å². The number of anilines is 3. The molecule has 9 nitrogen and oxygen atoms in total. The third-order valence-corrected chi connectivity index (χ3v) is 7.90. The van der Waals surface area contributed by atoms with Crippen LogP contribution in [0.4, 0.5) is 30.2 Å². The summed E-state index contributed by atoms with van der Waals surface area (Å²) in [5.41, 5.74) is 2.68. The van der Waals surface area contributed by atoms with Gasteiger partial charge in [-0.15, -0.1) is 0 Å². The van der Waals surface area contributed by atoms with Crippen molar-refractivity contribution in [2.24, 2.45) is 5.84 Å².